The molecule has 0 saturated heterocycles. The summed E-state index contributed by atoms with van der Waals surface area (Å²) in [6.07, 6.45) is 0.657. The van der Waals surface area contributed by atoms with Crippen LogP contribution in [0.1, 0.15) is 29.9 Å². The van der Waals surface area contributed by atoms with Gasteiger partial charge in [-0.1, -0.05) is 13.8 Å². The highest BCUT2D eigenvalue weighted by atomic mass is 32.2. The van der Waals surface area contributed by atoms with Crippen LogP contribution in [0.4, 0.5) is 5.82 Å². The number of nitrogens with zero attached hydrogens (tertiary/aromatic N) is 1. The van der Waals surface area contributed by atoms with Crippen molar-refractivity contribution in [3.63, 3.8) is 0 Å². The van der Waals surface area contributed by atoms with Gasteiger partial charge in [-0.05, 0) is 18.6 Å². The van der Waals surface area contributed by atoms with Crippen LogP contribution in [-0.2, 0) is 16.4 Å². The largest absolute Gasteiger partial charge is 0.351 e. The van der Waals surface area contributed by atoms with Gasteiger partial charge in [-0.3, -0.25) is 4.79 Å². The van der Waals surface area contributed by atoms with E-state index in [1.807, 2.05) is 6.92 Å². The van der Waals surface area contributed by atoms with Crippen molar-refractivity contribution in [3.05, 3.63) is 23.4 Å². The number of amides is 1. The minimum absolute atomic E-state index is 0.0311. The number of pyridine rings is 1. The number of carbonyl (C=O) groups excluding carboxylic acids is 1. The van der Waals surface area contributed by atoms with Crippen LogP contribution in [0.2, 0.25) is 0 Å². The van der Waals surface area contributed by atoms with Gasteiger partial charge in [0.1, 0.15) is 5.82 Å². The predicted octanol–water partition coefficient (Wildman–Crippen LogP) is -0.401. The molecular formula is C12H21N5O3S. The van der Waals surface area contributed by atoms with Crippen LogP contribution < -0.4 is 21.3 Å². The van der Waals surface area contributed by atoms with Gasteiger partial charge in [-0.25, -0.2) is 24.0 Å². The summed E-state index contributed by atoms with van der Waals surface area (Å²) in [5.41, 5.74) is 3.50. The Bertz CT molecular complexity index is 566. The lowest BCUT2D eigenvalue weighted by molar-refractivity contribution is 0.0956. The highest BCUT2D eigenvalue weighted by Crippen LogP contribution is 2.10. The van der Waals surface area contributed by atoms with Gasteiger partial charge < -0.3 is 10.7 Å². The molecule has 0 aliphatic heterocycles. The van der Waals surface area contributed by atoms with E-state index in [0.29, 0.717) is 24.3 Å². The molecule has 1 aromatic rings. The number of anilines is 1. The van der Waals surface area contributed by atoms with E-state index in [4.69, 9.17) is 5.84 Å². The van der Waals surface area contributed by atoms with Crippen LogP contribution in [0.5, 0.6) is 0 Å². The molecule has 1 heterocycles. The molecule has 5 N–H and O–H groups in total. The van der Waals surface area contributed by atoms with Gasteiger partial charge in [0.25, 0.3) is 5.91 Å². The Kier molecular flexibility index (Phi) is 6.53. The third-order valence-corrected chi connectivity index (χ3v) is 4.14. The van der Waals surface area contributed by atoms with E-state index in [1.54, 1.807) is 13.0 Å². The molecular weight excluding hydrogens is 294 g/mol. The van der Waals surface area contributed by atoms with Gasteiger partial charge in [0.2, 0.25) is 10.0 Å². The number of aryl methyl sites for hydroxylation is 1. The second-order valence-corrected chi connectivity index (χ2v) is 6.23. The maximum Gasteiger partial charge on any atom is 0.251 e. The van der Waals surface area contributed by atoms with Gasteiger partial charge in [-0.2, -0.15) is 0 Å². The Morgan fingerprint density at radius 1 is 1.33 bits per heavy atom. The third kappa shape index (κ3) is 5.66. The van der Waals surface area contributed by atoms with E-state index in [2.05, 4.69) is 20.4 Å². The molecule has 0 aliphatic rings. The van der Waals surface area contributed by atoms with Crippen molar-refractivity contribution < 1.29 is 13.2 Å². The summed E-state index contributed by atoms with van der Waals surface area (Å²) < 4.78 is 25.3. The molecule has 118 valence electrons. The number of rotatable bonds is 8. The zero-order valence-corrected chi connectivity index (χ0v) is 13.0. The molecule has 0 unspecified atom stereocenters. The Labute approximate surface area is 124 Å². The Hall–Kier alpha value is -1.71. The lowest BCUT2D eigenvalue weighted by atomic mass is 10.2. The maximum absolute atomic E-state index is 12.0. The molecule has 0 aliphatic carbocycles. The summed E-state index contributed by atoms with van der Waals surface area (Å²) in [7, 11) is -3.34. The molecule has 0 radical (unpaired) electrons. The molecule has 1 amide bonds. The van der Waals surface area contributed by atoms with E-state index in [-0.39, 0.29) is 18.2 Å². The van der Waals surface area contributed by atoms with Crippen molar-refractivity contribution in [1.29, 1.82) is 0 Å². The maximum atomic E-state index is 12.0. The van der Waals surface area contributed by atoms with E-state index in [1.165, 1.54) is 6.07 Å². The number of aromatic nitrogens is 1. The van der Waals surface area contributed by atoms with Gasteiger partial charge >= 0.3 is 0 Å². The van der Waals surface area contributed by atoms with E-state index < -0.39 is 10.0 Å². The van der Waals surface area contributed by atoms with Crippen molar-refractivity contribution in [1.82, 2.24) is 15.0 Å². The predicted molar refractivity (Wildman–Crippen MR) is 81.2 cm³/mol. The van der Waals surface area contributed by atoms with Crippen molar-refractivity contribution >= 4 is 21.7 Å². The Balaban J connectivity index is 2.68. The molecule has 0 bridgehead atoms. The van der Waals surface area contributed by atoms with Crippen LogP contribution in [0, 0.1) is 0 Å². The van der Waals surface area contributed by atoms with Gasteiger partial charge in [0.05, 0.1) is 5.75 Å². The number of nitrogens with one attached hydrogen (secondary N) is 3. The number of carbonyl (C=O) groups is 1. The standard InChI is InChI=1S/C12H21N5O3S/c1-3-10-7-9(8-11(16-10)17-13)12(18)14-5-6-21(19,20)15-4-2/h7-8,15H,3-6,13H2,1-2H3,(H,14,18)(H,16,17). The first-order valence-electron chi connectivity index (χ1n) is 6.65. The van der Waals surface area contributed by atoms with Gasteiger partial charge in [0.15, 0.2) is 0 Å². The summed E-state index contributed by atoms with van der Waals surface area (Å²) in [6.45, 7) is 3.96. The van der Waals surface area contributed by atoms with Crippen LogP contribution in [0.25, 0.3) is 0 Å². The van der Waals surface area contributed by atoms with Crippen LogP contribution >= 0.6 is 0 Å². The van der Waals surface area contributed by atoms with E-state index in [9.17, 15) is 13.2 Å². The zero-order valence-electron chi connectivity index (χ0n) is 12.1. The number of hydrazine groups is 1. The molecule has 1 aromatic heterocycles. The molecule has 9 heteroatoms. The fourth-order valence-electron chi connectivity index (χ4n) is 1.67. The molecule has 0 saturated carbocycles. The highest BCUT2D eigenvalue weighted by Gasteiger charge is 2.12. The quantitative estimate of drug-likeness (QED) is 0.382. The topological polar surface area (TPSA) is 126 Å². The number of hydrogen-bond acceptors (Lipinski definition) is 6. The Morgan fingerprint density at radius 2 is 2.05 bits per heavy atom. The first kappa shape index (κ1) is 17.3. The second-order valence-electron chi connectivity index (χ2n) is 4.30. The van der Waals surface area contributed by atoms with E-state index >= 15 is 0 Å². The fraction of sp³-hybridized carbons (Fsp3) is 0.500. The smallest absolute Gasteiger partial charge is 0.251 e. The normalized spacial score (nSPS) is 11.2. The fourth-order valence-corrected chi connectivity index (χ4v) is 2.62. The first-order valence-corrected chi connectivity index (χ1v) is 8.30. The van der Waals surface area contributed by atoms with Gasteiger partial charge in [-0.15, -0.1) is 0 Å². The number of nitrogens with two attached hydrogens (primary N) is 1. The third-order valence-electron chi connectivity index (χ3n) is 2.67. The summed E-state index contributed by atoms with van der Waals surface area (Å²) in [6, 6.07) is 3.16. The second kappa shape index (κ2) is 7.91. The first-order chi connectivity index (χ1) is 9.91. The van der Waals surface area contributed by atoms with Crippen molar-refractivity contribution in [2.24, 2.45) is 5.84 Å². The minimum atomic E-state index is -3.34. The number of sulfonamides is 1. The lowest BCUT2D eigenvalue weighted by Gasteiger charge is -2.09. The summed E-state index contributed by atoms with van der Waals surface area (Å²) in [5.74, 6) is 5.16. The highest BCUT2D eigenvalue weighted by molar-refractivity contribution is 7.89. The summed E-state index contributed by atoms with van der Waals surface area (Å²) in [5, 5.41) is 2.56. The SMILES string of the molecule is CCNS(=O)(=O)CCNC(=O)c1cc(CC)nc(NN)c1. The number of hydrogen-bond donors (Lipinski definition) is 4. The van der Waals surface area contributed by atoms with Crippen molar-refractivity contribution in [2.75, 3.05) is 24.3 Å². The summed E-state index contributed by atoms with van der Waals surface area (Å²) in [4.78, 5) is 16.2. The number of nitrogen functional groups attached to an aromatic ring is 1. The minimum Gasteiger partial charge on any atom is -0.351 e. The summed E-state index contributed by atoms with van der Waals surface area (Å²) >= 11 is 0. The lowest BCUT2D eigenvalue weighted by Crippen LogP contribution is -2.34. The monoisotopic (exact) mass is 315 g/mol. The molecule has 0 fully saturated rings. The van der Waals surface area contributed by atoms with Gasteiger partial charge in [0, 0.05) is 24.3 Å². The van der Waals surface area contributed by atoms with E-state index in [0.717, 1.165) is 5.69 Å². The molecule has 0 atom stereocenters. The average Bonchev–Trinajstić information content (AvgIpc) is 2.46. The van der Waals surface area contributed by atoms with Crippen molar-refractivity contribution in [3.8, 4) is 0 Å². The molecule has 8 nitrogen and oxygen atoms in total. The van der Waals surface area contributed by atoms with Crippen molar-refractivity contribution in [2.45, 2.75) is 20.3 Å². The Morgan fingerprint density at radius 3 is 2.62 bits per heavy atom. The van der Waals surface area contributed by atoms with Crippen LogP contribution in [0.3, 0.4) is 0 Å². The van der Waals surface area contributed by atoms with Crippen LogP contribution in [0.15, 0.2) is 12.1 Å². The molecule has 21 heavy (non-hydrogen) atoms. The zero-order chi connectivity index (χ0) is 15.9. The van der Waals surface area contributed by atoms with Crippen LogP contribution in [-0.4, -0.2) is 38.2 Å². The molecule has 0 spiro atoms. The average molecular weight is 315 g/mol. The molecule has 0 aromatic carbocycles. The molecule has 1 rings (SSSR count).